The third-order valence-electron chi connectivity index (χ3n) is 4.70. The van der Waals surface area contributed by atoms with Crippen LogP contribution in [0.25, 0.3) is 0 Å². The van der Waals surface area contributed by atoms with E-state index in [4.69, 9.17) is 0 Å². The van der Waals surface area contributed by atoms with E-state index in [-0.39, 0.29) is 0 Å². The first-order valence-electron chi connectivity index (χ1n) is 7.96. The summed E-state index contributed by atoms with van der Waals surface area (Å²) in [4.78, 5) is 2.81. The van der Waals surface area contributed by atoms with Gasteiger partial charge in [0.25, 0.3) is 0 Å². The van der Waals surface area contributed by atoms with Gasteiger partial charge in [-0.15, -0.1) is 0 Å². The van der Waals surface area contributed by atoms with Gasteiger partial charge >= 0.3 is 0 Å². The third kappa shape index (κ3) is 3.96. The monoisotopic (exact) mass is 254 g/mol. The van der Waals surface area contributed by atoms with Gasteiger partial charge in [0.15, 0.2) is 0 Å². The fourth-order valence-corrected chi connectivity index (χ4v) is 3.25. The number of nitrogens with zero attached hydrogens (tertiary/aromatic N) is 1. The number of piperazine rings is 1. The first-order chi connectivity index (χ1) is 8.45. The summed E-state index contributed by atoms with van der Waals surface area (Å²) in [6.45, 7) is 16.4. The molecule has 2 unspecified atom stereocenters. The molecular formula is C16H34N2. The van der Waals surface area contributed by atoms with Crippen LogP contribution in [0.2, 0.25) is 0 Å². The van der Waals surface area contributed by atoms with Crippen molar-refractivity contribution in [2.24, 2.45) is 5.92 Å². The van der Waals surface area contributed by atoms with Crippen LogP contribution in [-0.2, 0) is 0 Å². The average Bonchev–Trinajstić information content (AvgIpc) is 2.34. The maximum absolute atomic E-state index is 3.79. The molecule has 2 heteroatoms. The molecule has 1 aliphatic heterocycles. The Morgan fingerprint density at radius 1 is 1.22 bits per heavy atom. The Morgan fingerprint density at radius 3 is 2.28 bits per heavy atom. The van der Waals surface area contributed by atoms with Crippen molar-refractivity contribution in [3.05, 3.63) is 0 Å². The molecule has 0 aromatic heterocycles. The number of nitrogens with one attached hydrogen (secondary N) is 1. The maximum Gasteiger partial charge on any atom is 0.0278 e. The van der Waals surface area contributed by atoms with E-state index in [1.54, 1.807) is 0 Å². The normalized spacial score (nSPS) is 30.3. The van der Waals surface area contributed by atoms with E-state index in [1.165, 1.54) is 38.8 Å². The molecule has 0 bridgehead atoms. The van der Waals surface area contributed by atoms with E-state index in [9.17, 15) is 0 Å². The molecule has 0 aromatic rings. The van der Waals surface area contributed by atoms with E-state index >= 15 is 0 Å². The number of hydrogen-bond acceptors (Lipinski definition) is 2. The lowest BCUT2D eigenvalue weighted by Crippen LogP contribution is -2.64. The summed E-state index contributed by atoms with van der Waals surface area (Å²) in [5, 5.41) is 3.79. The van der Waals surface area contributed by atoms with Gasteiger partial charge in [-0.2, -0.15) is 0 Å². The van der Waals surface area contributed by atoms with Crippen LogP contribution in [0.4, 0.5) is 0 Å². The maximum atomic E-state index is 3.79. The largest absolute Gasteiger partial charge is 0.309 e. The minimum atomic E-state index is 0.316. The van der Waals surface area contributed by atoms with E-state index in [0.717, 1.165) is 18.0 Å². The van der Waals surface area contributed by atoms with Crippen LogP contribution in [0.1, 0.15) is 67.2 Å². The minimum Gasteiger partial charge on any atom is -0.309 e. The van der Waals surface area contributed by atoms with Gasteiger partial charge in [-0.1, -0.05) is 34.6 Å². The van der Waals surface area contributed by atoms with Crippen LogP contribution in [0.15, 0.2) is 0 Å². The SMILES string of the molecule is CCC(CC)N1CC(C)(CC)NCC1CC(C)C. The molecule has 2 atom stereocenters. The molecule has 1 heterocycles. The smallest absolute Gasteiger partial charge is 0.0278 e. The Morgan fingerprint density at radius 2 is 1.83 bits per heavy atom. The molecule has 0 aliphatic carbocycles. The highest BCUT2D eigenvalue weighted by Gasteiger charge is 2.36. The van der Waals surface area contributed by atoms with Crippen LogP contribution < -0.4 is 5.32 Å². The highest BCUT2D eigenvalue weighted by Crippen LogP contribution is 2.26. The highest BCUT2D eigenvalue weighted by molar-refractivity contribution is 4.96. The summed E-state index contributed by atoms with van der Waals surface area (Å²) < 4.78 is 0. The predicted octanol–water partition coefficient (Wildman–Crippen LogP) is 3.66. The van der Waals surface area contributed by atoms with E-state index in [2.05, 4.69) is 51.8 Å². The zero-order chi connectivity index (χ0) is 13.8. The molecule has 1 fully saturated rings. The molecule has 1 aliphatic rings. The molecule has 0 saturated carbocycles. The van der Waals surface area contributed by atoms with E-state index in [1.807, 2.05) is 0 Å². The fourth-order valence-electron chi connectivity index (χ4n) is 3.25. The second kappa shape index (κ2) is 6.91. The van der Waals surface area contributed by atoms with Crippen molar-refractivity contribution in [2.75, 3.05) is 13.1 Å². The quantitative estimate of drug-likeness (QED) is 0.778. The number of rotatable bonds is 6. The standard InChI is InChI=1S/C16H34N2/c1-7-14(8-2)18-12-16(6,9-3)17-11-15(18)10-13(4)5/h13-15,17H,7-12H2,1-6H3. The average molecular weight is 254 g/mol. The van der Waals surface area contributed by atoms with Gasteiger partial charge in [0.2, 0.25) is 0 Å². The summed E-state index contributed by atoms with van der Waals surface area (Å²) in [6.07, 6.45) is 5.11. The fraction of sp³-hybridized carbons (Fsp3) is 1.00. The van der Waals surface area contributed by atoms with Crippen molar-refractivity contribution < 1.29 is 0 Å². The first kappa shape index (κ1) is 16.0. The van der Waals surface area contributed by atoms with E-state index in [0.29, 0.717) is 5.54 Å². The minimum absolute atomic E-state index is 0.316. The van der Waals surface area contributed by atoms with Crippen LogP contribution in [0, 0.1) is 5.92 Å². The summed E-state index contributed by atoms with van der Waals surface area (Å²) >= 11 is 0. The van der Waals surface area contributed by atoms with Gasteiger partial charge in [-0.05, 0) is 38.5 Å². The second-order valence-corrected chi connectivity index (χ2v) is 6.72. The van der Waals surface area contributed by atoms with Crippen molar-refractivity contribution in [3.63, 3.8) is 0 Å². The molecule has 0 amide bonds. The Hall–Kier alpha value is -0.0800. The highest BCUT2D eigenvalue weighted by atomic mass is 15.3. The van der Waals surface area contributed by atoms with E-state index < -0.39 is 0 Å². The molecular weight excluding hydrogens is 220 g/mol. The molecule has 0 aromatic carbocycles. The summed E-state index contributed by atoms with van der Waals surface area (Å²) in [6, 6.07) is 1.50. The van der Waals surface area contributed by atoms with Gasteiger partial charge in [-0.25, -0.2) is 0 Å². The topological polar surface area (TPSA) is 15.3 Å². The molecule has 1 N–H and O–H groups in total. The Balaban J connectivity index is 2.78. The lowest BCUT2D eigenvalue weighted by Gasteiger charge is -2.49. The van der Waals surface area contributed by atoms with Crippen LogP contribution >= 0.6 is 0 Å². The molecule has 1 saturated heterocycles. The molecule has 2 nitrogen and oxygen atoms in total. The van der Waals surface area contributed by atoms with Gasteiger partial charge in [0.1, 0.15) is 0 Å². The molecule has 108 valence electrons. The molecule has 18 heavy (non-hydrogen) atoms. The van der Waals surface area contributed by atoms with Crippen LogP contribution in [0.5, 0.6) is 0 Å². The second-order valence-electron chi connectivity index (χ2n) is 6.72. The zero-order valence-corrected chi connectivity index (χ0v) is 13.4. The van der Waals surface area contributed by atoms with Crippen LogP contribution in [-0.4, -0.2) is 35.6 Å². The van der Waals surface area contributed by atoms with Gasteiger partial charge in [0, 0.05) is 30.7 Å². The summed E-state index contributed by atoms with van der Waals surface area (Å²) in [5.41, 5.74) is 0.316. The lowest BCUT2D eigenvalue weighted by atomic mass is 9.88. The van der Waals surface area contributed by atoms with Crippen LogP contribution in [0.3, 0.4) is 0 Å². The number of hydrogen-bond donors (Lipinski definition) is 1. The molecule has 0 spiro atoms. The Labute approximate surface area is 115 Å². The van der Waals surface area contributed by atoms with Gasteiger partial charge in [-0.3, -0.25) is 4.90 Å². The van der Waals surface area contributed by atoms with Crippen molar-refractivity contribution >= 4 is 0 Å². The van der Waals surface area contributed by atoms with Gasteiger partial charge < -0.3 is 5.32 Å². The lowest BCUT2D eigenvalue weighted by molar-refractivity contribution is 0.0329. The predicted molar refractivity (Wildman–Crippen MR) is 81.0 cm³/mol. The third-order valence-corrected chi connectivity index (χ3v) is 4.70. The first-order valence-corrected chi connectivity index (χ1v) is 7.96. The Kier molecular flexibility index (Phi) is 6.13. The van der Waals surface area contributed by atoms with Crippen molar-refractivity contribution in [3.8, 4) is 0 Å². The van der Waals surface area contributed by atoms with Crippen molar-refractivity contribution in [1.29, 1.82) is 0 Å². The Bertz CT molecular complexity index is 235. The van der Waals surface area contributed by atoms with Gasteiger partial charge in [0.05, 0.1) is 0 Å². The summed E-state index contributed by atoms with van der Waals surface area (Å²) in [7, 11) is 0. The van der Waals surface area contributed by atoms with Crippen molar-refractivity contribution in [2.45, 2.75) is 84.8 Å². The molecule has 0 radical (unpaired) electrons. The zero-order valence-electron chi connectivity index (χ0n) is 13.4. The summed E-state index contributed by atoms with van der Waals surface area (Å²) in [5.74, 6) is 0.791. The van der Waals surface area contributed by atoms with Crippen molar-refractivity contribution in [1.82, 2.24) is 10.2 Å². The molecule has 1 rings (SSSR count).